The number of carbonyl (C=O) groups excluding carboxylic acids is 1. The molecule has 2 aromatic heterocycles. The van der Waals surface area contributed by atoms with Gasteiger partial charge in [-0.05, 0) is 36.6 Å². The van der Waals surface area contributed by atoms with Crippen LogP contribution < -0.4 is 10.2 Å². The third-order valence-corrected chi connectivity index (χ3v) is 4.87. The normalized spacial score (nSPS) is 19.6. The first kappa shape index (κ1) is 17.4. The molecule has 1 amide bonds. The fourth-order valence-electron chi connectivity index (χ4n) is 3.62. The molecule has 0 aliphatic carbocycles. The molecule has 0 saturated carbocycles. The highest BCUT2D eigenvalue weighted by atomic mass is 19.1. The van der Waals surface area contributed by atoms with Crippen LogP contribution in [0.15, 0.2) is 42.7 Å². The predicted molar refractivity (Wildman–Crippen MR) is 98.2 cm³/mol. The highest BCUT2D eigenvalue weighted by Gasteiger charge is 2.32. The molecule has 4 rings (SSSR count). The maximum Gasteiger partial charge on any atom is 0.256 e. The predicted octanol–water partition coefficient (Wildman–Crippen LogP) is 1.41. The van der Waals surface area contributed by atoms with E-state index >= 15 is 0 Å². The largest absolute Gasteiger partial charge is 0.391 e. The van der Waals surface area contributed by atoms with Gasteiger partial charge in [0.1, 0.15) is 17.2 Å². The number of rotatable bonds is 4. The Kier molecular flexibility index (Phi) is 4.49. The summed E-state index contributed by atoms with van der Waals surface area (Å²) in [6.07, 6.45) is 3.92. The number of nitrogens with zero attached hydrogens (tertiary/aromatic N) is 4. The smallest absolute Gasteiger partial charge is 0.256 e. The molecule has 2 atom stereocenters. The number of β-amino-alcohol motifs (C(OH)–C–C–N with tert-alkyl or cyclic N) is 1. The first-order valence-electron chi connectivity index (χ1n) is 8.81. The molecule has 3 aromatic rings. The molecule has 7 nitrogen and oxygen atoms in total. The third-order valence-electron chi connectivity index (χ3n) is 4.87. The zero-order chi connectivity index (χ0) is 19.0. The molecule has 0 radical (unpaired) electrons. The van der Waals surface area contributed by atoms with E-state index in [-0.39, 0.29) is 17.8 Å². The maximum atomic E-state index is 13.5. The van der Waals surface area contributed by atoms with E-state index in [4.69, 9.17) is 0 Å². The van der Waals surface area contributed by atoms with Crippen molar-refractivity contribution in [1.82, 2.24) is 19.9 Å². The Balaban J connectivity index is 1.66. The molecule has 0 bridgehead atoms. The molecule has 1 aromatic carbocycles. The Bertz CT molecular complexity index is 989. The monoisotopic (exact) mass is 369 g/mol. The van der Waals surface area contributed by atoms with Gasteiger partial charge in [0.15, 0.2) is 5.65 Å². The fourth-order valence-corrected chi connectivity index (χ4v) is 3.62. The van der Waals surface area contributed by atoms with Crippen molar-refractivity contribution in [3.05, 3.63) is 59.7 Å². The molecule has 3 heterocycles. The summed E-state index contributed by atoms with van der Waals surface area (Å²) in [5.74, 6) is 0.130. The Hall–Kier alpha value is -3.00. The van der Waals surface area contributed by atoms with Crippen LogP contribution in [0.2, 0.25) is 0 Å². The number of nitrogens with one attached hydrogen (secondary N) is 1. The van der Waals surface area contributed by atoms with Crippen LogP contribution in [0, 0.1) is 5.82 Å². The highest BCUT2D eigenvalue weighted by molar-refractivity contribution is 5.99. The third kappa shape index (κ3) is 3.35. The Morgan fingerprint density at radius 3 is 3.04 bits per heavy atom. The van der Waals surface area contributed by atoms with Crippen molar-refractivity contribution in [3.8, 4) is 0 Å². The van der Waals surface area contributed by atoms with E-state index in [2.05, 4.69) is 15.4 Å². The molecule has 2 N–H and O–H groups in total. The summed E-state index contributed by atoms with van der Waals surface area (Å²) in [4.78, 5) is 18.6. The summed E-state index contributed by atoms with van der Waals surface area (Å²) in [5, 5.41) is 16.9. The molecule has 27 heavy (non-hydrogen) atoms. The lowest BCUT2D eigenvalue weighted by Gasteiger charge is -2.25. The number of amides is 1. The van der Waals surface area contributed by atoms with E-state index in [0.717, 1.165) is 5.56 Å². The van der Waals surface area contributed by atoms with E-state index in [1.807, 2.05) is 17.0 Å². The number of aromatic nitrogens is 3. The number of carbonyl (C=O) groups is 1. The summed E-state index contributed by atoms with van der Waals surface area (Å²) < 4.78 is 15.1. The van der Waals surface area contributed by atoms with Crippen LogP contribution in [0.1, 0.15) is 22.3 Å². The zero-order valence-corrected chi connectivity index (χ0v) is 14.8. The standard InChI is InChI=1S/C19H20FN5O2/c1-21-19(27)16-10-22-25-6-5-17(23-18(16)25)24-11-15(26)9-14(24)8-12-3-2-4-13(20)7-12/h2-7,10,14-15,26H,8-9,11H2,1H3,(H,21,27)/t14-,15+/m0/s1. The number of hydrogen-bond acceptors (Lipinski definition) is 5. The number of hydrogen-bond donors (Lipinski definition) is 2. The van der Waals surface area contributed by atoms with E-state index in [9.17, 15) is 14.3 Å². The van der Waals surface area contributed by atoms with Crippen LogP contribution in [-0.4, -0.2) is 51.4 Å². The fraction of sp³-hybridized carbons (Fsp3) is 0.316. The average Bonchev–Trinajstić information content (AvgIpc) is 3.24. The summed E-state index contributed by atoms with van der Waals surface area (Å²) in [7, 11) is 1.56. The van der Waals surface area contributed by atoms with E-state index < -0.39 is 6.10 Å². The van der Waals surface area contributed by atoms with Crippen molar-refractivity contribution >= 4 is 17.4 Å². The van der Waals surface area contributed by atoms with Gasteiger partial charge in [0, 0.05) is 25.8 Å². The Morgan fingerprint density at radius 1 is 1.41 bits per heavy atom. The maximum absolute atomic E-state index is 13.5. The summed E-state index contributed by atoms with van der Waals surface area (Å²) in [5.41, 5.74) is 1.72. The Morgan fingerprint density at radius 2 is 2.26 bits per heavy atom. The molecule has 1 saturated heterocycles. The minimum atomic E-state index is -0.482. The molecule has 0 unspecified atom stereocenters. The SMILES string of the molecule is CNC(=O)c1cnn2ccc(N3C[C@H](O)C[C@@H]3Cc3cccc(F)c3)nc12. The van der Waals surface area contributed by atoms with Crippen LogP contribution in [0.4, 0.5) is 10.2 Å². The molecule has 1 aliphatic rings. The van der Waals surface area contributed by atoms with Crippen molar-refractivity contribution in [2.45, 2.75) is 25.0 Å². The molecule has 8 heteroatoms. The zero-order valence-electron chi connectivity index (χ0n) is 14.8. The second-order valence-corrected chi connectivity index (χ2v) is 6.72. The van der Waals surface area contributed by atoms with Gasteiger partial charge in [-0.15, -0.1) is 0 Å². The minimum Gasteiger partial charge on any atom is -0.391 e. The van der Waals surface area contributed by atoms with E-state index in [1.165, 1.54) is 18.3 Å². The van der Waals surface area contributed by atoms with E-state index in [1.54, 1.807) is 23.8 Å². The van der Waals surface area contributed by atoms with Gasteiger partial charge in [-0.1, -0.05) is 12.1 Å². The van der Waals surface area contributed by atoms with Crippen LogP contribution in [0.25, 0.3) is 5.65 Å². The van der Waals surface area contributed by atoms with Gasteiger partial charge in [-0.3, -0.25) is 4.79 Å². The topological polar surface area (TPSA) is 82.8 Å². The van der Waals surface area contributed by atoms with Gasteiger partial charge in [-0.2, -0.15) is 5.10 Å². The molecule has 1 fully saturated rings. The number of halogens is 1. The quantitative estimate of drug-likeness (QED) is 0.727. The van der Waals surface area contributed by atoms with Crippen LogP contribution in [0.5, 0.6) is 0 Å². The summed E-state index contributed by atoms with van der Waals surface area (Å²) in [6.45, 7) is 0.437. The number of anilines is 1. The summed E-state index contributed by atoms with van der Waals surface area (Å²) >= 11 is 0. The summed E-state index contributed by atoms with van der Waals surface area (Å²) in [6, 6.07) is 8.29. The first-order valence-corrected chi connectivity index (χ1v) is 8.81. The number of fused-ring (bicyclic) bond motifs is 1. The molecule has 0 spiro atoms. The van der Waals surface area contributed by atoms with E-state index in [0.29, 0.717) is 36.4 Å². The van der Waals surface area contributed by atoms with Gasteiger partial charge in [-0.25, -0.2) is 13.9 Å². The van der Waals surface area contributed by atoms with Gasteiger partial charge in [0.25, 0.3) is 5.91 Å². The second kappa shape index (κ2) is 6.96. The van der Waals surface area contributed by atoms with Gasteiger partial charge < -0.3 is 15.3 Å². The first-order chi connectivity index (χ1) is 13.0. The minimum absolute atomic E-state index is 0.0110. The average molecular weight is 369 g/mol. The Labute approximate surface area is 155 Å². The van der Waals surface area contributed by atoms with Crippen LogP contribution in [-0.2, 0) is 6.42 Å². The van der Waals surface area contributed by atoms with Crippen LogP contribution in [0.3, 0.4) is 0 Å². The van der Waals surface area contributed by atoms with Crippen LogP contribution >= 0.6 is 0 Å². The lowest BCUT2D eigenvalue weighted by molar-refractivity contribution is 0.0964. The molecular formula is C19H20FN5O2. The van der Waals surface area contributed by atoms with Crippen molar-refractivity contribution in [1.29, 1.82) is 0 Å². The lowest BCUT2D eigenvalue weighted by Crippen LogP contribution is -2.32. The molecule has 1 aliphatic heterocycles. The highest BCUT2D eigenvalue weighted by Crippen LogP contribution is 2.27. The number of aliphatic hydroxyl groups excluding tert-OH is 1. The van der Waals surface area contributed by atoms with Crippen molar-refractivity contribution in [3.63, 3.8) is 0 Å². The second-order valence-electron chi connectivity index (χ2n) is 6.72. The van der Waals surface area contributed by atoms with Gasteiger partial charge >= 0.3 is 0 Å². The van der Waals surface area contributed by atoms with Gasteiger partial charge in [0.05, 0.1) is 12.3 Å². The van der Waals surface area contributed by atoms with Crippen molar-refractivity contribution in [2.24, 2.45) is 0 Å². The lowest BCUT2D eigenvalue weighted by atomic mass is 10.0. The van der Waals surface area contributed by atoms with Gasteiger partial charge in [0.2, 0.25) is 0 Å². The van der Waals surface area contributed by atoms with Crippen molar-refractivity contribution < 1.29 is 14.3 Å². The number of aliphatic hydroxyl groups is 1. The number of benzene rings is 1. The van der Waals surface area contributed by atoms with Crippen molar-refractivity contribution in [2.75, 3.05) is 18.5 Å². The molecule has 140 valence electrons. The molecular weight excluding hydrogens is 349 g/mol.